The zero-order valence-electron chi connectivity index (χ0n) is 11.3. The van der Waals surface area contributed by atoms with Crippen LogP contribution in [0.3, 0.4) is 0 Å². The van der Waals surface area contributed by atoms with E-state index in [0.29, 0.717) is 11.7 Å². The van der Waals surface area contributed by atoms with E-state index in [2.05, 4.69) is 15.0 Å². The molecule has 0 saturated carbocycles. The first-order valence-corrected chi connectivity index (χ1v) is 8.45. The predicted molar refractivity (Wildman–Crippen MR) is 76.8 cm³/mol. The molecular weight excluding hydrogens is 270 g/mol. The minimum Gasteiger partial charge on any atom is -0.316 e. The average Bonchev–Trinajstić information content (AvgIpc) is 2.65. The summed E-state index contributed by atoms with van der Waals surface area (Å²) in [5, 5.41) is 3.02. The standard InChI is InChI=1S/C11H21N3O2S2/c1-5-10-9(4)17-11(13-10)14-18(15,16)8(3)7-12-6-2/h8,12H,5-7H2,1-4H3,(H,13,14). The number of anilines is 1. The number of nitrogens with one attached hydrogen (secondary N) is 2. The number of sulfonamides is 1. The first kappa shape index (κ1) is 15.4. The lowest BCUT2D eigenvalue weighted by Gasteiger charge is -2.13. The molecule has 2 N–H and O–H groups in total. The van der Waals surface area contributed by atoms with Crippen molar-refractivity contribution < 1.29 is 8.42 Å². The summed E-state index contributed by atoms with van der Waals surface area (Å²) in [4.78, 5) is 5.35. The van der Waals surface area contributed by atoms with Gasteiger partial charge in [-0.25, -0.2) is 13.4 Å². The van der Waals surface area contributed by atoms with Gasteiger partial charge < -0.3 is 5.32 Å². The fraction of sp³-hybridized carbons (Fsp3) is 0.727. The third-order valence-electron chi connectivity index (χ3n) is 2.67. The lowest BCUT2D eigenvalue weighted by Crippen LogP contribution is -2.34. The smallest absolute Gasteiger partial charge is 0.238 e. The SMILES string of the molecule is CCNCC(C)S(=O)(=O)Nc1nc(CC)c(C)s1. The van der Waals surface area contributed by atoms with Crippen LogP contribution in [0.2, 0.25) is 0 Å². The first-order valence-electron chi connectivity index (χ1n) is 6.09. The fourth-order valence-electron chi connectivity index (χ4n) is 1.48. The number of nitrogens with zero attached hydrogens (tertiary/aromatic N) is 1. The molecule has 18 heavy (non-hydrogen) atoms. The number of hydrogen-bond donors (Lipinski definition) is 2. The molecule has 7 heteroatoms. The topological polar surface area (TPSA) is 71.1 Å². The molecule has 0 saturated heterocycles. The Morgan fingerprint density at radius 1 is 1.39 bits per heavy atom. The number of thiazole rings is 1. The van der Waals surface area contributed by atoms with Crippen LogP contribution in [0.1, 0.15) is 31.3 Å². The highest BCUT2D eigenvalue weighted by molar-refractivity contribution is 7.93. The number of hydrogen-bond acceptors (Lipinski definition) is 5. The van der Waals surface area contributed by atoms with E-state index in [1.165, 1.54) is 11.3 Å². The summed E-state index contributed by atoms with van der Waals surface area (Å²) in [5.41, 5.74) is 0.956. The Bertz CT molecular complexity index is 482. The van der Waals surface area contributed by atoms with Crippen LogP contribution in [0.5, 0.6) is 0 Å². The molecule has 1 heterocycles. The van der Waals surface area contributed by atoms with Gasteiger partial charge in [-0.15, -0.1) is 11.3 Å². The summed E-state index contributed by atoms with van der Waals surface area (Å²) in [6, 6.07) is 0. The summed E-state index contributed by atoms with van der Waals surface area (Å²) in [5.74, 6) is 0. The maximum absolute atomic E-state index is 12.0. The third-order valence-corrected chi connectivity index (χ3v) is 5.43. The van der Waals surface area contributed by atoms with Crippen molar-refractivity contribution in [2.45, 2.75) is 39.4 Å². The summed E-state index contributed by atoms with van der Waals surface area (Å²) >= 11 is 1.39. The number of rotatable bonds is 7. The van der Waals surface area contributed by atoms with Crippen molar-refractivity contribution in [2.75, 3.05) is 17.8 Å². The van der Waals surface area contributed by atoms with Gasteiger partial charge in [0.05, 0.1) is 10.9 Å². The highest BCUT2D eigenvalue weighted by atomic mass is 32.2. The summed E-state index contributed by atoms with van der Waals surface area (Å²) in [6.45, 7) is 8.80. The summed E-state index contributed by atoms with van der Waals surface area (Å²) in [7, 11) is -3.36. The Morgan fingerprint density at radius 2 is 2.06 bits per heavy atom. The van der Waals surface area contributed by atoms with Gasteiger partial charge >= 0.3 is 0 Å². The molecule has 1 aromatic rings. The molecule has 0 aliphatic carbocycles. The van der Waals surface area contributed by atoms with E-state index in [1.807, 2.05) is 20.8 Å². The van der Waals surface area contributed by atoms with E-state index in [4.69, 9.17) is 0 Å². The molecule has 1 rings (SSSR count). The molecule has 0 aliphatic rings. The largest absolute Gasteiger partial charge is 0.316 e. The van der Waals surface area contributed by atoms with Crippen molar-refractivity contribution in [2.24, 2.45) is 0 Å². The van der Waals surface area contributed by atoms with Crippen LogP contribution in [0.25, 0.3) is 0 Å². The Kier molecular flexibility index (Phi) is 5.55. The minimum absolute atomic E-state index is 0.441. The Hall–Kier alpha value is -0.660. The first-order chi connectivity index (χ1) is 8.40. The van der Waals surface area contributed by atoms with Crippen LogP contribution in [0, 0.1) is 6.92 Å². The molecule has 0 aliphatic heterocycles. The lowest BCUT2D eigenvalue weighted by atomic mass is 10.3. The van der Waals surface area contributed by atoms with Crippen LogP contribution < -0.4 is 10.0 Å². The van der Waals surface area contributed by atoms with Gasteiger partial charge in [-0.1, -0.05) is 13.8 Å². The van der Waals surface area contributed by atoms with Crippen molar-refractivity contribution in [1.82, 2.24) is 10.3 Å². The van der Waals surface area contributed by atoms with Crippen molar-refractivity contribution in [1.29, 1.82) is 0 Å². The highest BCUT2D eigenvalue weighted by Gasteiger charge is 2.21. The van der Waals surface area contributed by atoms with Gasteiger partial charge in [-0.3, -0.25) is 4.72 Å². The maximum atomic E-state index is 12.0. The van der Waals surface area contributed by atoms with Gasteiger partial charge in [0, 0.05) is 11.4 Å². The van der Waals surface area contributed by atoms with E-state index in [9.17, 15) is 8.42 Å². The molecule has 5 nitrogen and oxygen atoms in total. The lowest BCUT2D eigenvalue weighted by molar-refractivity contribution is 0.579. The average molecular weight is 291 g/mol. The molecule has 0 radical (unpaired) electrons. The number of aryl methyl sites for hydroxylation is 2. The Morgan fingerprint density at radius 3 is 2.56 bits per heavy atom. The summed E-state index contributed by atoms with van der Waals surface area (Å²) in [6.07, 6.45) is 0.816. The normalized spacial score (nSPS) is 13.6. The highest BCUT2D eigenvalue weighted by Crippen LogP contribution is 2.23. The van der Waals surface area contributed by atoms with E-state index < -0.39 is 15.3 Å². The van der Waals surface area contributed by atoms with Crippen LogP contribution in [-0.2, 0) is 16.4 Å². The molecule has 0 aromatic carbocycles. The summed E-state index contributed by atoms with van der Waals surface area (Å²) < 4.78 is 26.6. The monoisotopic (exact) mass is 291 g/mol. The fourth-order valence-corrected chi connectivity index (χ4v) is 3.58. The molecule has 1 atom stereocenters. The quantitative estimate of drug-likeness (QED) is 0.803. The van der Waals surface area contributed by atoms with Crippen molar-refractivity contribution in [3.8, 4) is 0 Å². The van der Waals surface area contributed by atoms with E-state index in [1.54, 1.807) is 6.92 Å². The van der Waals surface area contributed by atoms with Gasteiger partial charge in [0.25, 0.3) is 0 Å². The van der Waals surface area contributed by atoms with Crippen molar-refractivity contribution >= 4 is 26.5 Å². The molecular formula is C11H21N3O2S2. The van der Waals surface area contributed by atoms with Gasteiger partial charge in [-0.05, 0) is 26.8 Å². The predicted octanol–water partition coefficient (Wildman–Crippen LogP) is 1.75. The molecule has 0 bridgehead atoms. The second-order valence-corrected chi connectivity index (χ2v) is 7.44. The van der Waals surface area contributed by atoms with Crippen LogP contribution in [0.4, 0.5) is 5.13 Å². The second kappa shape index (κ2) is 6.49. The van der Waals surface area contributed by atoms with Gasteiger partial charge in [-0.2, -0.15) is 0 Å². The maximum Gasteiger partial charge on any atom is 0.238 e. The van der Waals surface area contributed by atoms with Gasteiger partial charge in [0.15, 0.2) is 5.13 Å². The van der Waals surface area contributed by atoms with Gasteiger partial charge in [0.1, 0.15) is 0 Å². The second-order valence-electron chi connectivity index (χ2n) is 4.14. The molecule has 0 spiro atoms. The van der Waals surface area contributed by atoms with E-state index in [0.717, 1.165) is 23.5 Å². The Balaban J connectivity index is 2.75. The minimum atomic E-state index is -3.36. The van der Waals surface area contributed by atoms with Crippen LogP contribution >= 0.6 is 11.3 Å². The van der Waals surface area contributed by atoms with Crippen molar-refractivity contribution in [3.63, 3.8) is 0 Å². The van der Waals surface area contributed by atoms with Gasteiger partial charge in [0.2, 0.25) is 10.0 Å². The molecule has 1 aromatic heterocycles. The zero-order valence-corrected chi connectivity index (χ0v) is 12.9. The Labute approximate surface area is 113 Å². The molecule has 0 fully saturated rings. The van der Waals surface area contributed by atoms with Crippen LogP contribution in [0.15, 0.2) is 0 Å². The van der Waals surface area contributed by atoms with Crippen LogP contribution in [-0.4, -0.2) is 31.7 Å². The van der Waals surface area contributed by atoms with Crippen molar-refractivity contribution in [3.05, 3.63) is 10.6 Å². The molecule has 104 valence electrons. The molecule has 0 amide bonds. The third kappa shape index (κ3) is 3.93. The van der Waals surface area contributed by atoms with E-state index in [-0.39, 0.29) is 0 Å². The zero-order chi connectivity index (χ0) is 13.8. The molecule has 1 unspecified atom stereocenters. The number of aromatic nitrogens is 1. The van der Waals surface area contributed by atoms with E-state index >= 15 is 0 Å².